The van der Waals surface area contributed by atoms with Gasteiger partial charge in [-0.2, -0.15) is 0 Å². The summed E-state index contributed by atoms with van der Waals surface area (Å²) in [5.41, 5.74) is 1.45. The fraction of sp³-hybridized carbons (Fsp3) is 0.214. The predicted molar refractivity (Wildman–Crippen MR) is 75.6 cm³/mol. The summed E-state index contributed by atoms with van der Waals surface area (Å²) in [6, 6.07) is 10.1. The lowest BCUT2D eigenvalue weighted by Crippen LogP contribution is -2.14. The third kappa shape index (κ3) is 3.12. The molecule has 0 fully saturated rings. The maximum absolute atomic E-state index is 12.2. The van der Waals surface area contributed by atoms with Crippen molar-refractivity contribution in [1.82, 2.24) is 4.98 Å². The maximum Gasteiger partial charge on any atom is 0.261 e. The lowest BCUT2D eigenvalue weighted by molar-refractivity contribution is 0.601. The van der Waals surface area contributed by atoms with Crippen LogP contribution in [0.25, 0.3) is 0 Å². The van der Waals surface area contributed by atoms with Crippen molar-refractivity contribution in [2.24, 2.45) is 0 Å². The maximum atomic E-state index is 12.2. The highest BCUT2D eigenvalue weighted by Crippen LogP contribution is 2.25. The molecule has 1 heterocycles. The SMILES string of the molecule is CC(C)c1ccncc1NS(=O)(=O)c1ccccc1. The molecule has 0 spiro atoms. The van der Waals surface area contributed by atoms with Crippen LogP contribution in [-0.2, 0) is 10.0 Å². The minimum atomic E-state index is -3.56. The summed E-state index contributed by atoms with van der Waals surface area (Å²) >= 11 is 0. The quantitative estimate of drug-likeness (QED) is 0.933. The number of nitrogens with one attached hydrogen (secondary N) is 1. The van der Waals surface area contributed by atoms with E-state index in [1.54, 1.807) is 36.5 Å². The zero-order valence-corrected chi connectivity index (χ0v) is 11.7. The molecule has 0 aliphatic carbocycles. The van der Waals surface area contributed by atoms with E-state index >= 15 is 0 Å². The molecule has 0 saturated carbocycles. The normalized spacial score (nSPS) is 11.5. The van der Waals surface area contributed by atoms with E-state index in [0.29, 0.717) is 5.69 Å². The summed E-state index contributed by atoms with van der Waals surface area (Å²) in [7, 11) is -3.56. The summed E-state index contributed by atoms with van der Waals surface area (Å²) in [5, 5.41) is 0. The van der Waals surface area contributed by atoms with E-state index in [4.69, 9.17) is 0 Å². The Morgan fingerprint density at radius 1 is 1.11 bits per heavy atom. The second-order valence-corrected chi connectivity index (χ2v) is 6.22. The highest BCUT2D eigenvalue weighted by Gasteiger charge is 2.16. The molecule has 0 amide bonds. The van der Waals surface area contributed by atoms with Gasteiger partial charge >= 0.3 is 0 Å². The van der Waals surface area contributed by atoms with E-state index in [1.807, 2.05) is 19.9 Å². The molecular formula is C14H16N2O2S. The van der Waals surface area contributed by atoms with Crippen molar-refractivity contribution in [3.8, 4) is 0 Å². The number of nitrogens with zero attached hydrogens (tertiary/aromatic N) is 1. The zero-order valence-electron chi connectivity index (χ0n) is 10.9. The Bertz CT molecular complexity index is 652. The van der Waals surface area contributed by atoms with Crippen LogP contribution in [0.4, 0.5) is 5.69 Å². The summed E-state index contributed by atoms with van der Waals surface area (Å²) in [6.07, 6.45) is 3.20. The molecule has 4 nitrogen and oxygen atoms in total. The predicted octanol–water partition coefficient (Wildman–Crippen LogP) is 3.01. The van der Waals surface area contributed by atoms with Crippen molar-refractivity contribution >= 4 is 15.7 Å². The molecule has 0 atom stereocenters. The van der Waals surface area contributed by atoms with E-state index in [1.165, 1.54) is 6.20 Å². The minimum absolute atomic E-state index is 0.219. The molecular weight excluding hydrogens is 260 g/mol. The summed E-state index contributed by atoms with van der Waals surface area (Å²) in [6.45, 7) is 4.02. The first-order valence-corrected chi connectivity index (χ1v) is 7.51. The Hall–Kier alpha value is -1.88. The van der Waals surface area contributed by atoms with E-state index in [-0.39, 0.29) is 10.8 Å². The van der Waals surface area contributed by atoms with Crippen LogP contribution in [0.5, 0.6) is 0 Å². The Kier molecular flexibility index (Phi) is 3.85. The Morgan fingerprint density at radius 2 is 1.79 bits per heavy atom. The van der Waals surface area contributed by atoms with Gasteiger partial charge in [0, 0.05) is 6.20 Å². The van der Waals surface area contributed by atoms with Crippen LogP contribution in [0.2, 0.25) is 0 Å². The molecule has 0 unspecified atom stereocenters. The number of pyridine rings is 1. The van der Waals surface area contributed by atoms with Crippen LogP contribution in [-0.4, -0.2) is 13.4 Å². The first-order chi connectivity index (χ1) is 9.00. The molecule has 0 aliphatic heterocycles. The molecule has 100 valence electrons. The van der Waals surface area contributed by atoms with Crippen molar-refractivity contribution < 1.29 is 8.42 Å². The van der Waals surface area contributed by atoms with Crippen LogP contribution in [0.1, 0.15) is 25.3 Å². The molecule has 19 heavy (non-hydrogen) atoms. The van der Waals surface area contributed by atoms with Gasteiger partial charge in [-0.3, -0.25) is 9.71 Å². The lowest BCUT2D eigenvalue weighted by Gasteiger charge is -2.14. The van der Waals surface area contributed by atoms with Gasteiger partial charge in [-0.1, -0.05) is 32.0 Å². The molecule has 0 radical (unpaired) electrons. The third-order valence-electron chi connectivity index (χ3n) is 2.77. The summed E-state index contributed by atoms with van der Waals surface area (Å²) < 4.78 is 27.1. The zero-order chi connectivity index (χ0) is 13.9. The van der Waals surface area contributed by atoms with Gasteiger partial charge in [0.05, 0.1) is 16.8 Å². The van der Waals surface area contributed by atoms with Gasteiger partial charge in [0.15, 0.2) is 0 Å². The molecule has 1 N–H and O–H groups in total. The van der Waals surface area contributed by atoms with E-state index in [0.717, 1.165) is 5.56 Å². The Balaban J connectivity index is 2.37. The molecule has 0 bridgehead atoms. The Labute approximate surface area is 113 Å². The average molecular weight is 276 g/mol. The van der Waals surface area contributed by atoms with Crippen molar-refractivity contribution in [3.63, 3.8) is 0 Å². The average Bonchev–Trinajstić information content (AvgIpc) is 2.39. The standard InChI is InChI=1S/C14H16N2O2S/c1-11(2)13-8-9-15-10-14(13)16-19(17,18)12-6-4-3-5-7-12/h3-11,16H,1-2H3. The van der Waals surface area contributed by atoms with E-state index in [2.05, 4.69) is 9.71 Å². The number of anilines is 1. The largest absolute Gasteiger partial charge is 0.278 e. The number of hydrogen-bond acceptors (Lipinski definition) is 3. The van der Waals surface area contributed by atoms with E-state index < -0.39 is 10.0 Å². The second kappa shape index (κ2) is 5.40. The van der Waals surface area contributed by atoms with Gasteiger partial charge in [0.1, 0.15) is 0 Å². The highest BCUT2D eigenvalue weighted by molar-refractivity contribution is 7.92. The molecule has 0 saturated heterocycles. The third-order valence-corrected chi connectivity index (χ3v) is 4.16. The van der Waals surface area contributed by atoms with Gasteiger partial charge < -0.3 is 0 Å². The van der Waals surface area contributed by atoms with Gasteiger partial charge in [0.2, 0.25) is 0 Å². The highest BCUT2D eigenvalue weighted by atomic mass is 32.2. The number of benzene rings is 1. The number of rotatable bonds is 4. The monoisotopic (exact) mass is 276 g/mol. The molecule has 2 aromatic rings. The van der Waals surface area contributed by atoms with Crippen LogP contribution >= 0.6 is 0 Å². The molecule has 5 heteroatoms. The molecule has 1 aromatic carbocycles. The smallest absolute Gasteiger partial charge is 0.261 e. The molecule has 2 rings (SSSR count). The van der Waals surface area contributed by atoms with Gasteiger partial charge in [0.25, 0.3) is 10.0 Å². The van der Waals surface area contributed by atoms with Crippen LogP contribution < -0.4 is 4.72 Å². The minimum Gasteiger partial charge on any atom is -0.278 e. The van der Waals surface area contributed by atoms with Crippen LogP contribution in [0.3, 0.4) is 0 Å². The first-order valence-electron chi connectivity index (χ1n) is 6.02. The lowest BCUT2D eigenvalue weighted by atomic mass is 10.0. The molecule has 0 aliphatic rings. The first kappa shape index (κ1) is 13.5. The van der Waals surface area contributed by atoms with Gasteiger partial charge in [-0.25, -0.2) is 8.42 Å². The van der Waals surface area contributed by atoms with Crippen molar-refractivity contribution in [2.75, 3.05) is 4.72 Å². The number of hydrogen-bond donors (Lipinski definition) is 1. The Morgan fingerprint density at radius 3 is 2.42 bits per heavy atom. The van der Waals surface area contributed by atoms with Gasteiger partial charge in [-0.15, -0.1) is 0 Å². The fourth-order valence-electron chi connectivity index (χ4n) is 1.80. The fourth-order valence-corrected chi connectivity index (χ4v) is 2.89. The van der Waals surface area contributed by atoms with Gasteiger partial charge in [-0.05, 0) is 29.7 Å². The van der Waals surface area contributed by atoms with Crippen molar-refractivity contribution in [2.45, 2.75) is 24.7 Å². The van der Waals surface area contributed by atoms with Crippen LogP contribution in [0.15, 0.2) is 53.7 Å². The summed E-state index contributed by atoms with van der Waals surface area (Å²) in [4.78, 5) is 4.22. The topological polar surface area (TPSA) is 59.1 Å². The van der Waals surface area contributed by atoms with Crippen molar-refractivity contribution in [3.05, 3.63) is 54.4 Å². The summed E-state index contributed by atoms with van der Waals surface area (Å²) in [5.74, 6) is 0.219. The van der Waals surface area contributed by atoms with Crippen LogP contribution in [0, 0.1) is 0 Å². The number of sulfonamides is 1. The molecule has 1 aromatic heterocycles. The second-order valence-electron chi connectivity index (χ2n) is 4.54. The number of aromatic nitrogens is 1. The van der Waals surface area contributed by atoms with E-state index in [9.17, 15) is 8.42 Å². The van der Waals surface area contributed by atoms with Crippen molar-refractivity contribution in [1.29, 1.82) is 0 Å².